The summed E-state index contributed by atoms with van der Waals surface area (Å²) in [6.07, 6.45) is 3.45. The van der Waals surface area contributed by atoms with Crippen LogP contribution in [0.3, 0.4) is 0 Å². The molecule has 0 saturated carbocycles. The molecule has 2 N–H and O–H groups in total. The van der Waals surface area contributed by atoms with E-state index in [1.165, 1.54) is 16.8 Å². The average molecular weight is 486 g/mol. The molecule has 7 nitrogen and oxygen atoms in total. The van der Waals surface area contributed by atoms with Crippen molar-refractivity contribution in [3.8, 4) is 33.9 Å². The van der Waals surface area contributed by atoms with Gasteiger partial charge in [-0.1, -0.05) is 30.1 Å². The Hall–Kier alpha value is -4.17. The molecule has 3 aromatic carbocycles. The highest BCUT2D eigenvalue weighted by Crippen LogP contribution is 2.42. The number of furan rings is 1. The Morgan fingerprint density at radius 3 is 2.43 bits per heavy atom. The smallest absolute Gasteiger partial charge is 0.332 e. The molecule has 0 aliphatic heterocycles. The summed E-state index contributed by atoms with van der Waals surface area (Å²) in [6, 6.07) is 21.1. The summed E-state index contributed by atoms with van der Waals surface area (Å²) in [4.78, 5) is 26.6. The highest BCUT2D eigenvalue weighted by atomic mass is 32.2. The molecule has 2 heterocycles. The second-order valence-corrected chi connectivity index (χ2v) is 8.66. The molecule has 0 unspecified atom stereocenters. The molecule has 0 saturated heterocycles. The van der Waals surface area contributed by atoms with Crippen LogP contribution >= 0.6 is 11.9 Å². The quantitative estimate of drug-likeness (QED) is 0.304. The zero-order valence-electron chi connectivity index (χ0n) is 19.4. The van der Waals surface area contributed by atoms with E-state index in [0.29, 0.717) is 22.8 Å². The van der Waals surface area contributed by atoms with Crippen molar-refractivity contribution in [1.82, 2.24) is 9.55 Å². The number of aromatic nitrogens is 2. The Kier molecular flexibility index (Phi) is 5.96. The molecule has 2 aromatic heterocycles. The van der Waals surface area contributed by atoms with E-state index in [4.69, 9.17) is 9.15 Å². The summed E-state index contributed by atoms with van der Waals surface area (Å²) < 4.78 is 16.4. The third kappa shape index (κ3) is 4.36. The first-order valence-electron chi connectivity index (χ1n) is 10.9. The minimum atomic E-state index is -0.525. The SMILES string of the molecule is COc1c(-c2ccc3cc(NSC)ccc3c2)cc(-n2ccc(=O)[nH]c2=O)cc1-c1ccc(C)o1. The molecule has 0 aliphatic carbocycles. The molecular formula is C27H23N3O4S. The second kappa shape index (κ2) is 9.23. The number of nitrogens with zero attached hydrogens (tertiary/aromatic N) is 1. The van der Waals surface area contributed by atoms with Crippen molar-refractivity contribution in [2.24, 2.45) is 0 Å². The fraction of sp³-hybridized carbons (Fsp3) is 0.111. The molecule has 0 atom stereocenters. The Morgan fingerprint density at radius 1 is 0.943 bits per heavy atom. The van der Waals surface area contributed by atoms with Crippen molar-refractivity contribution in [3.05, 3.63) is 99.5 Å². The van der Waals surface area contributed by atoms with Crippen LogP contribution in [0.2, 0.25) is 0 Å². The van der Waals surface area contributed by atoms with E-state index >= 15 is 0 Å². The maximum absolute atomic E-state index is 12.6. The first-order valence-corrected chi connectivity index (χ1v) is 12.1. The van der Waals surface area contributed by atoms with E-state index in [1.807, 2.05) is 49.6 Å². The van der Waals surface area contributed by atoms with E-state index in [2.05, 4.69) is 34.0 Å². The van der Waals surface area contributed by atoms with Gasteiger partial charge in [0.2, 0.25) is 0 Å². The minimum absolute atomic E-state index is 0.452. The van der Waals surface area contributed by atoms with E-state index in [-0.39, 0.29) is 0 Å². The van der Waals surface area contributed by atoms with Gasteiger partial charge in [-0.3, -0.25) is 14.3 Å². The van der Waals surface area contributed by atoms with Crippen molar-refractivity contribution in [3.63, 3.8) is 0 Å². The normalized spacial score (nSPS) is 11.1. The maximum atomic E-state index is 12.6. The van der Waals surface area contributed by atoms with Crippen LogP contribution in [-0.4, -0.2) is 22.9 Å². The number of aromatic amines is 1. The van der Waals surface area contributed by atoms with E-state index < -0.39 is 11.2 Å². The number of nitrogens with one attached hydrogen (secondary N) is 2. The van der Waals surface area contributed by atoms with Gasteiger partial charge >= 0.3 is 5.69 Å². The van der Waals surface area contributed by atoms with Crippen LogP contribution in [0.4, 0.5) is 5.69 Å². The average Bonchev–Trinajstić information content (AvgIpc) is 3.29. The molecule has 0 amide bonds. The lowest BCUT2D eigenvalue weighted by atomic mass is 9.96. The number of anilines is 1. The van der Waals surface area contributed by atoms with Crippen LogP contribution in [0, 0.1) is 6.92 Å². The van der Waals surface area contributed by atoms with Gasteiger partial charge in [-0.2, -0.15) is 0 Å². The maximum Gasteiger partial charge on any atom is 0.332 e. The number of ether oxygens (including phenoxy) is 1. The summed E-state index contributed by atoms with van der Waals surface area (Å²) in [7, 11) is 1.62. The molecule has 5 aromatic rings. The number of fused-ring (bicyclic) bond motifs is 1. The van der Waals surface area contributed by atoms with Gasteiger partial charge in [0.05, 0.1) is 18.4 Å². The number of hydrogen-bond acceptors (Lipinski definition) is 6. The molecule has 0 radical (unpaired) electrons. The Bertz CT molecular complexity index is 1670. The van der Waals surface area contributed by atoms with Gasteiger partial charge in [0.25, 0.3) is 5.56 Å². The molecule has 35 heavy (non-hydrogen) atoms. The number of hydrogen-bond donors (Lipinski definition) is 2. The standard InChI is InChI=1S/C27H23N3O4S/c1-16-4-9-24(34-16)23-15-21(30-11-10-25(31)28-27(30)32)14-22(26(23)33-2)19-6-5-18-13-20(29-35-3)8-7-17(18)12-19/h4-15,29H,1-3H3,(H,28,31,32). The molecule has 176 valence electrons. The topological polar surface area (TPSA) is 89.3 Å². The fourth-order valence-electron chi connectivity index (χ4n) is 4.16. The molecule has 0 aliphatic rings. The van der Waals surface area contributed by atoms with Gasteiger partial charge in [-0.25, -0.2) is 4.79 Å². The summed E-state index contributed by atoms with van der Waals surface area (Å²) in [5, 5.41) is 2.17. The summed E-state index contributed by atoms with van der Waals surface area (Å²) in [5.41, 5.74) is 3.04. The largest absolute Gasteiger partial charge is 0.495 e. The molecule has 0 fully saturated rings. The van der Waals surface area contributed by atoms with Gasteiger partial charge < -0.3 is 13.9 Å². The third-order valence-electron chi connectivity index (χ3n) is 5.76. The Balaban J connectivity index is 1.76. The number of H-pyrrole nitrogens is 1. The first-order chi connectivity index (χ1) is 17.0. The highest BCUT2D eigenvalue weighted by Gasteiger charge is 2.19. The lowest BCUT2D eigenvalue weighted by molar-refractivity contribution is 0.416. The second-order valence-electron chi connectivity index (χ2n) is 8.05. The number of rotatable bonds is 6. The van der Waals surface area contributed by atoms with Gasteiger partial charge in [0.1, 0.15) is 17.3 Å². The molecule has 5 rings (SSSR count). The Morgan fingerprint density at radius 2 is 1.71 bits per heavy atom. The lowest BCUT2D eigenvalue weighted by Gasteiger charge is -2.17. The van der Waals surface area contributed by atoms with Crippen LogP contribution in [0.25, 0.3) is 38.9 Å². The van der Waals surface area contributed by atoms with Crippen LogP contribution in [0.1, 0.15) is 5.76 Å². The van der Waals surface area contributed by atoms with Crippen molar-refractivity contribution < 1.29 is 9.15 Å². The van der Waals surface area contributed by atoms with Crippen molar-refractivity contribution in [2.45, 2.75) is 6.92 Å². The van der Waals surface area contributed by atoms with Gasteiger partial charge in [0.15, 0.2) is 0 Å². The van der Waals surface area contributed by atoms with Gasteiger partial charge in [-0.15, -0.1) is 0 Å². The molecule has 0 spiro atoms. The summed E-state index contributed by atoms with van der Waals surface area (Å²) in [6.45, 7) is 1.87. The molecular weight excluding hydrogens is 462 g/mol. The zero-order chi connectivity index (χ0) is 24.5. The summed E-state index contributed by atoms with van der Waals surface area (Å²) in [5.74, 6) is 2.00. The zero-order valence-corrected chi connectivity index (χ0v) is 20.2. The van der Waals surface area contributed by atoms with Gasteiger partial charge in [-0.05, 0) is 65.7 Å². The number of aryl methyl sites for hydroxylation is 1. The highest BCUT2D eigenvalue weighted by molar-refractivity contribution is 7.99. The van der Waals surface area contributed by atoms with Crippen molar-refractivity contribution >= 4 is 28.4 Å². The molecule has 0 bridgehead atoms. The first kappa shape index (κ1) is 22.6. The summed E-state index contributed by atoms with van der Waals surface area (Å²) >= 11 is 1.55. The van der Waals surface area contributed by atoms with Crippen molar-refractivity contribution in [1.29, 1.82) is 0 Å². The van der Waals surface area contributed by atoms with Crippen LogP contribution < -0.4 is 20.7 Å². The van der Waals surface area contributed by atoms with Gasteiger partial charge in [0, 0.05) is 29.8 Å². The minimum Gasteiger partial charge on any atom is -0.495 e. The predicted molar refractivity (Wildman–Crippen MR) is 142 cm³/mol. The van der Waals surface area contributed by atoms with Crippen LogP contribution in [0.5, 0.6) is 5.75 Å². The van der Waals surface area contributed by atoms with Crippen molar-refractivity contribution in [2.75, 3.05) is 18.1 Å². The van der Waals surface area contributed by atoms with Crippen LogP contribution in [-0.2, 0) is 0 Å². The number of methoxy groups -OCH3 is 1. The fourth-order valence-corrected chi connectivity index (χ4v) is 4.53. The Labute approximate surface area is 205 Å². The van der Waals surface area contributed by atoms with E-state index in [9.17, 15) is 9.59 Å². The number of benzene rings is 3. The lowest BCUT2D eigenvalue weighted by Crippen LogP contribution is -2.27. The predicted octanol–water partition coefficient (Wildman–Crippen LogP) is 5.61. The third-order valence-corrected chi connectivity index (χ3v) is 6.20. The van der Waals surface area contributed by atoms with E-state index in [0.717, 1.165) is 33.3 Å². The molecule has 8 heteroatoms. The monoisotopic (exact) mass is 485 g/mol. The van der Waals surface area contributed by atoms with Crippen LogP contribution in [0.15, 0.2) is 86.9 Å². The van der Waals surface area contributed by atoms with E-state index in [1.54, 1.807) is 19.1 Å².